The van der Waals surface area contributed by atoms with E-state index in [1.807, 2.05) is 13.8 Å². The number of ether oxygens (including phenoxy) is 1. The van der Waals surface area contributed by atoms with Crippen molar-refractivity contribution in [2.24, 2.45) is 0 Å². The van der Waals surface area contributed by atoms with Gasteiger partial charge < -0.3 is 15.2 Å². The minimum absolute atomic E-state index is 0.0624. The molecule has 8 heteroatoms. The molecule has 140 valence electrons. The highest BCUT2D eigenvalue weighted by molar-refractivity contribution is 5.80. The van der Waals surface area contributed by atoms with Crippen LogP contribution in [0.5, 0.6) is 11.5 Å². The van der Waals surface area contributed by atoms with Gasteiger partial charge in [-0.15, -0.1) is 0 Å². The van der Waals surface area contributed by atoms with Crippen LogP contribution in [0.2, 0.25) is 0 Å². The zero-order chi connectivity index (χ0) is 19.6. The average molecular weight is 368 g/mol. The molecule has 0 saturated carbocycles. The monoisotopic (exact) mass is 368 g/mol. The number of amides is 1. The molecule has 0 aliphatic heterocycles. The minimum atomic E-state index is -0.458. The molecular formula is C19H20N4O4. The number of nitrogens with zero attached hydrogens (tertiary/aromatic N) is 3. The summed E-state index contributed by atoms with van der Waals surface area (Å²) in [6.45, 7) is 3.47. The molecule has 2 aromatic heterocycles. The van der Waals surface area contributed by atoms with Crippen molar-refractivity contribution in [3.63, 3.8) is 0 Å². The lowest BCUT2D eigenvalue weighted by Crippen LogP contribution is -2.37. The fourth-order valence-electron chi connectivity index (χ4n) is 2.74. The molecule has 0 aliphatic carbocycles. The maximum atomic E-state index is 13.0. The molecule has 0 saturated heterocycles. The lowest BCUT2D eigenvalue weighted by atomic mass is 10.2. The van der Waals surface area contributed by atoms with Crippen LogP contribution < -0.4 is 15.6 Å². The molecule has 0 bridgehead atoms. The number of pyridine rings is 1. The van der Waals surface area contributed by atoms with Crippen LogP contribution in [0.15, 0.2) is 41.3 Å². The molecule has 0 spiro atoms. The van der Waals surface area contributed by atoms with E-state index in [1.54, 1.807) is 31.4 Å². The quantitative estimate of drug-likeness (QED) is 0.710. The van der Waals surface area contributed by atoms with Gasteiger partial charge in [-0.2, -0.15) is 0 Å². The summed E-state index contributed by atoms with van der Waals surface area (Å²) in [6, 6.07) is 8.28. The van der Waals surface area contributed by atoms with Gasteiger partial charge in [0.25, 0.3) is 5.56 Å². The smallest absolute Gasteiger partial charge is 0.263 e. The Morgan fingerprint density at radius 2 is 2.11 bits per heavy atom. The number of aromatic hydroxyl groups is 1. The van der Waals surface area contributed by atoms with E-state index in [1.165, 1.54) is 16.8 Å². The van der Waals surface area contributed by atoms with E-state index in [9.17, 15) is 14.7 Å². The van der Waals surface area contributed by atoms with Crippen LogP contribution in [-0.2, 0) is 11.3 Å². The molecule has 0 unspecified atom stereocenters. The largest absolute Gasteiger partial charge is 0.506 e. The summed E-state index contributed by atoms with van der Waals surface area (Å²) in [5, 5.41) is 12.6. The van der Waals surface area contributed by atoms with Crippen LogP contribution >= 0.6 is 0 Å². The number of methoxy groups -OCH3 is 1. The van der Waals surface area contributed by atoms with E-state index in [-0.39, 0.29) is 35.3 Å². The molecule has 1 amide bonds. The topological polar surface area (TPSA) is 106 Å². The molecule has 0 atom stereocenters. The highest BCUT2D eigenvalue weighted by atomic mass is 16.5. The van der Waals surface area contributed by atoms with Gasteiger partial charge in [0.15, 0.2) is 5.65 Å². The molecule has 3 rings (SSSR count). The van der Waals surface area contributed by atoms with E-state index in [4.69, 9.17) is 4.74 Å². The van der Waals surface area contributed by atoms with Crippen molar-refractivity contribution in [2.45, 2.75) is 26.4 Å². The normalized spacial score (nSPS) is 11.0. The fraction of sp³-hybridized carbons (Fsp3) is 0.263. The second kappa shape index (κ2) is 7.45. The van der Waals surface area contributed by atoms with Gasteiger partial charge in [-0.1, -0.05) is 12.1 Å². The number of aromatic nitrogens is 3. The predicted octanol–water partition coefficient (Wildman–Crippen LogP) is 1.70. The first-order chi connectivity index (χ1) is 12.9. The molecule has 8 nitrogen and oxygen atoms in total. The second-order valence-corrected chi connectivity index (χ2v) is 6.35. The number of hydrogen-bond donors (Lipinski definition) is 2. The van der Waals surface area contributed by atoms with Gasteiger partial charge in [0.05, 0.1) is 18.7 Å². The highest BCUT2D eigenvalue weighted by Crippen LogP contribution is 2.23. The van der Waals surface area contributed by atoms with Crippen molar-refractivity contribution in [3.05, 3.63) is 46.9 Å². The fourth-order valence-corrected chi connectivity index (χ4v) is 2.74. The third-order valence-corrected chi connectivity index (χ3v) is 3.87. The van der Waals surface area contributed by atoms with Crippen LogP contribution in [0, 0.1) is 0 Å². The van der Waals surface area contributed by atoms with E-state index < -0.39 is 5.56 Å². The van der Waals surface area contributed by atoms with E-state index in [0.717, 1.165) is 0 Å². The van der Waals surface area contributed by atoms with Crippen molar-refractivity contribution in [1.29, 1.82) is 0 Å². The van der Waals surface area contributed by atoms with Crippen LogP contribution in [-0.4, -0.2) is 38.7 Å². The first-order valence-electron chi connectivity index (χ1n) is 8.42. The van der Waals surface area contributed by atoms with Crippen LogP contribution in [0.3, 0.4) is 0 Å². The molecule has 2 N–H and O–H groups in total. The number of nitrogens with one attached hydrogen (secondary N) is 1. The Bertz CT molecular complexity index is 1060. The predicted molar refractivity (Wildman–Crippen MR) is 101 cm³/mol. The minimum Gasteiger partial charge on any atom is -0.506 e. The van der Waals surface area contributed by atoms with Crippen molar-refractivity contribution >= 4 is 16.9 Å². The number of carbonyl (C=O) groups is 1. The summed E-state index contributed by atoms with van der Waals surface area (Å²) >= 11 is 0. The van der Waals surface area contributed by atoms with Crippen LogP contribution in [0.25, 0.3) is 22.4 Å². The Hall–Kier alpha value is -3.42. The van der Waals surface area contributed by atoms with Crippen molar-refractivity contribution in [1.82, 2.24) is 19.9 Å². The number of rotatable bonds is 5. The van der Waals surface area contributed by atoms with E-state index >= 15 is 0 Å². The first kappa shape index (κ1) is 18.4. The number of benzene rings is 1. The van der Waals surface area contributed by atoms with Gasteiger partial charge in [0.1, 0.15) is 23.9 Å². The van der Waals surface area contributed by atoms with Gasteiger partial charge >= 0.3 is 0 Å². The molecule has 2 heterocycles. The Morgan fingerprint density at radius 3 is 2.81 bits per heavy atom. The maximum absolute atomic E-state index is 13.0. The van der Waals surface area contributed by atoms with Crippen LogP contribution in [0.4, 0.5) is 0 Å². The lowest BCUT2D eigenvalue weighted by Gasteiger charge is -2.15. The summed E-state index contributed by atoms with van der Waals surface area (Å²) in [4.78, 5) is 33.8. The third-order valence-electron chi connectivity index (χ3n) is 3.87. The van der Waals surface area contributed by atoms with Crippen molar-refractivity contribution in [3.8, 4) is 22.9 Å². The second-order valence-electron chi connectivity index (χ2n) is 6.35. The summed E-state index contributed by atoms with van der Waals surface area (Å²) in [6.07, 6.45) is 1.22. The number of hydrogen-bond acceptors (Lipinski definition) is 6. The summed E-state index contributed by atoms with van der Waals surface area (Å²) < 4.78 is 6.51. The van der Waals surface area contributed by atoms with E-state index in [0.29, 0.717) is 17.1 Å². The molecule has 3 aromatic rings. The molecule has 27 heavy (non-hydrogen) atoms. The van der Waals surface area contributed by atoms with Crippen molar-refractivity contribution in [2.75, 3.05) is 7.11 Å². The Labute approximate surface area is 155 Å². The molecule has 0 fully saturated rings. The molecule has 0 aliphatic rings. The average Bonchev–Trinajstić information content (AvgIpc) is 2.63. The molecule has 1 aromatic carbocycles. The standard InChI is InChI=1S/C19H20N4O4/c1-11(2)21-16(25)10-23-18(12-5-4-6-14(7-12)27-3)22-17-15(19(23)26)8-13(24)9-20-17/h4-9,11,24H,10H2,1-3H3,(H,21,25). The Balaban J connectivity index is 2.23. The van der Waals surface area contributed by atoms with Gasteiger partial charge in [-0.25, -0.2) is 9.97 Å². The number of carbonyl (C=O) groups excluding carboxylic acids is 1. The van der Waals surface area contributed by atoms with Crippen molar-refractivity contribution < 1.29 is 14.6 Å². The lowest BCUT2D eigenvalue weighted by molar-refractivity contribution is -0.122. The number of fused-ring (bicyclic) bond motifs is 1. The Morgan fingerprint density at radius 1 is 1.33 bits per heavy atom. The zero-order valence-corrected chi connectivity index (χ0v) is 15.3. The third kappa shape index (κ3) is 3.89. The highest BCUT2D eigenvalue weighted by Gasteiger charge is 2.17. The Kier molecular flexibility index (Phi) is 5.07. The van der Waals surface area contributed by atoms with Gasteiger partial charge in [-0.05, 0) is 32.0 Å². The first-order valence-corrected chi connectivity index (χ1v) is 8.42. The maximum Gasteiger partial charge on any atom is 0.263 e. The summed E-state index contributed by atoms with van der Waals surface area (Å²) in [5.41, 5.74) is 0.344. The van der Waals surface area contributed by atoms with E-state index in [2.05, 4.69) is 15.3 Å². The van der Waals surface area contributed by atoms with Gasteiger partial charge in [0, 0.05) is 11.6 Å². The van der Waals surface area contributed by atoms with Gasteiger partial charge in [-0.3, -0.25) is 14.2 Å². The SMILES string of the molecule is COc1cccc(-c2nc3ncc(O)cc3c(=O)n2CC(=O)NC(C)C)c1. The zero-order valence-electron chi connectivity index (χ0n) is 15.3. The molecule has 0 radical (unpaired) electrons. The summed E-state index contributed by atoms with van der Waals surface area (Å²) in [5.74, 6) is 0.432. The molecular weight excluding hydrogens is 348 g/mol. The summed E-state index contributed by atoms with van der Waals surface area (Å²) in [7, 11) is 1.54. The van der Waals surface area contributed by atoms with Crippen LogP contribution in [0.1, 0.15) is 13.8 Å². The van der Waals surface area contributed by atoms with Gasteiger partial charge in [0.2, 0.25) is 5.91 Å².